The molecule has 3 atom stereocenters. The third kappa shape index (κ3) is 5.19. The minimum absolute atomic E-state index is 0.0421. The smallest absolute Gasteiger partial charge is 0.339 e. The van der Waals surface area contributed by atoms with Gasteiger partial charge in [-0.05, 0) is 61.1 Å². The van der Waals surface area contributed by atoms with Crippen LogP contribution in [0.2, 0.25) is 0 Å². The number of benzene rings is 2. The number of rotatable bonds is 9. The first-order valence-electron chi connectivity index (χ1n) is 14.2. The fourth-order valence-electron chi connectivity index (χ4n) is 6.15. The Morgan fingerprint density at radius 3 is 2.59 bits per heavy atom. The predicted octanol–water partition coefficient (Wildman–Crippen LogP) is 4.98. The number of sulfonamides is 1. The standard InChI is InChI=1S/C30H34N6O4S/c1-3-8-22-11-4-5-14-35(22)41(39,40)24-13-7-10-21(16-24)20-9-6-12-23(15-20)36-29(27(18-31-36)30(37)38)26-17-25(26)28-19-34(2)33-32-28/h6-7,9-10,12-13,15-16,18-19,22,25-26H,3-5,8,11,14,17H2,1-2H3,(H,37,38)/t22?,25-,26-/m1/s1. The Balaban J connectivity index is 1.33. The molecular formula is C30H34N6O4S. The van der Waals surface area contributed by atoms with Crippen LogP contribution in [0.25, 0.3) is 16.8 Å². The van der Waals surface area contributed by atoms with Crippen molar-refractivity contribution in [2.24, 2.45) is 7.05 Å². The molecule has 4 aromatic rings. The Labute approximate surface area is 239 Å². The van der Waals surface area contributed by atoms with Crippen molar-refractivity contribution in [2.75, 3.05) is 6.54 Å². The zero-order chi connectivity index (χ0) is 28.7. The molecule has 214 valence electrons. The highest BCUT2D eigenvalue weighted by molar-refractivity contribution is 7.89. The van der Waals surface area contributed by atoms with E-state index < -0.39 is 16.0 Å². The van der Waals surface area contributed by atoms with Crippen molar-refractivity contribution in [1.82, 2.24) is 29.1 Å². The maximum Gasteiger partial charge on any atom is 0.339 e. The maximum absolute atomic E-state index is 13.7. The normalized spacial score (nSPS) is 21.2. The lowest BCUT2D eigenvalue weighted by Crippen LogP contribution is -2.43. The third-order valence-electron chi connectivity index (χ3n) is 8.24. The number of hydrogen-bond acceptors (Lipinski definition) is 6. The van der Waals surface area contributed by atoms with E-state index in [4.69, 9.17) is 0 Å². The van der Waals surface area contributed by atoms with E-state index >= 15 is 0 Å². The molecule has 2 aromatic carbocycles. The van der Waals surface area contributed by atoms with Crippen molar-refractivity contribution in [3.8, 4) is 16.8 Å². The zero-order valence-electron chi connectivity index (χ0n) is 23.2. The highest BCUT2D eigenvalue weighted by atomic mass is 32.2. The molecule has 0 bridgehead atoms. The molecule has 1 saturated heterocycles. The molecular weight excluding hydrogens is 540 g/mol. The number of nitrogens with zero attached hydrogens (tertiary/aromatic N) is 6. The van der Waals surface area contributed by atoms with Crippen LogP contribution < -0.4 is 0 Å². The van der Waals surface area contributed by atoms with Crippen LogP contribution >= 0.6 is 0 Å². The van der Waals surface area contributed by atoms with E-state index in [-0.39, 0.29) is 23.4 Å². The number of piperidine rings is 1. The number of hydrogen-bond donors (Lipinski definition) is 1. The Hall–Kier alpha value is -3.83. The minimum Gasteiger partial charge on any atom is -0.478 e. The second-order valence-corrected chi connectivity index (χ2v) is 12.9. The average molecular weight is 575 g/mol. The lowest BCUT2D eigenvalue weighted by atomic mass is 10.0. The van der Waals surface area contributed by atoms with Crippen LogP contribution in [-0.4, -0.2) is 61.2 Å². The first kappa shape index (κ1) is 27.3. The summed E-state index contributed by atoms with van der Waals surface area (Å²) in [5.41, 5.74) is 3.94. The number of carboxylic acid groups (broad SMARTS) is 1. The van der Waals surface area contributed by atoms with Gasteiger partial charge in [-0.25, -0.2) is 17.9 Å². The lowest BCUT2D eigenvalue weighted by Gasteiger charge is -2.34. The predicted molar refractivity (Wildman–Crippen MR) is 154 cm³/mol. The summed E-state index contributed by atoms with van der Waals surface area (Å²) in [6, 6.07) is 14.8. The van der Waals surface area contributed by atoms with Gasteiger partial charge in [0.2, 0.25) is 10.0 Å². The topological polar surface area (TPSA) is 123 Å². The van der Waals surface area contributed by atoms with Gasteiger partial charge in [0.1, 0.15) is 5.56 Å². The van der Waals surface area contributed by atoms with Gasteiger partial charge in [-0.15, -0.1) is 5.10 Å². The SMILES string of the molecule is CCCC1CCCCN1S(=O)(=O)c1cccc(-c2cccc(-n3ncc(C(=O)O)c3[C@@H]3C[C@H]3c3cn(C)nn3)c2)c1. The highest BCUT2D eigenvalue weighted by Crippen LogP contribution is 2.55. The van der Waals surface area contributed by atoms with Crippen molar-refractivity contribution in [1.29, 1.82) is 0 Å². The summed E-state index contributed by atoms with van der Waals surface area (Å²) in [4.78, 5) is 12.4. The fourth-order valence-corrected chi connectivity index (χ4v) is 7.92. The number of carbonyl (C=O) groups is 1. The van der Waals surface area contributed by atoms with E-state index in [9.17, 15) is 18.3 Å². The van der Waals surface area contributed by atoms with Gasteiger partial charge in [0.05, 0.1) is 28.2 Å². The molecule has 1 aliphatic heterocycles. The van der Waals surface area contributed by atoms with Crippen LogP contribution in [0.1, 0.15) is 79.0 Å². The van der Waals surface area contributed by atoms with Crippen molar-refractivity contribution < 1.29 is 18.3 Å². The van der Waals surface area contributed by atoms with E-state index in [1.807, 2.05) is 43.6 Å². The second-order valence-electron chi connectivity index (χ2n) is 11.1. The molecule has 2 aromatic heterocycles. The van der Waals surface area contributed by atoms with Gasteiger partial charge in [0.15, 0.2) is 0 Å². The van der Waals surface area contributed by atoms with Gasteiger partial charge < -0.3 is 5.11 Å². The van der Waals surface area contributed by atoms with Crippen LogP contribution in [0.3, 0.4) is 0 Å². The van der Waals surface area contributed by atoms with Crippen molar-refractivity contribution in [2.45, 2.75) is 68.2 Å². The molecule has 0 spiro atoms. The number of carboxylic acids is 1. The van der Waals surface area contributed by atoms with E-state index in [0.717, 1.165) is 55.3 Å². The largest absolute Gasteiger partial charge is 0.478 e. The molecule has 1 saturated carbocycles. The molecule has 0 amide bonds. The van der Waals surface area contributed by atoms with Gasteiger partial charge in [0, 0.05) is 37.7 Å². The summed E-state index contributed by atoms with van der Waals surface area (Å²) >= 11 is 0. The molecule has 1 N–H and O–H groups in total. The van der Waals surface area contributed by atoms with Crippen LogP contribution in [-0.2, 0) is 17.1 Å². The molecule has 41 heavy (non-hydrogen) atoms. The number of aryl methyl sites for hydroxylation is 1. The van der Waals surface area contributed by atoms with Gasteiger partial charge in [-0.3, -0.25) is 4.68 Å². The van der Waals surface area contributed by atoms with Gasteiger partial charge >= 0.3 is 5.97 Å². The van der Waals surface area contributed by atoms with Crippen molar-refractivity contribution in [3.63, 3.8) is 0 Å². The summed E-state index contributed by atoms with van der Waals surface area (Å²) < 4.78 is 32.5. The molecule has 0 radical (unpaired) electrons. The quantitative estimate of drug-likeness (QED) is 0.299. The third-order valence-corrected chi connectivity index (χ3v) is 10.2. The first-order chi connectivity index (χ1) is 19.8. The maximum atomic E-state index is 13.7. The lowest BCUT2D eigenvalue weighted by molar-refractivity contribution is 0.0695. The minimum atomic E-state index is -3.64. The molecule has 11 heteroatoms. The first-order valence-corrected chi connectivity index (χ1v) is 15.6. The van der Waals surface area contributed by atoms with E-state index in [2.05, 4.69) is 22.3 Å². The molecule has 6 rings (SSSR count). The Kier molecular flexibility index (Phi) is 7.25. The Morgan fingerprint density at radius 2 is 1.85 bits per heavy atom. The Morgan fingerprint density at radius 1 is 1.07 bits per heavy atom. The van der Waals surface area contributed by atoms with Crippen LogP contribution in [0.15, 0.2) is 65.8 Å². The molecule has 1 unspecified atom stereocenters. The van der Waals surface area contributed by atoms with Crippen molar-refractivity contribution >= 4 is 16.0 Å². The summed E-state index contributed by atoms with van der Waals surface area (Å²) in [6.07, 6.45) is 8.68. The molecule has 1 aliphatic carbocycles. The Bertz CT molecular complexity index is 1690. The number of aromatic carboxylic acids is 1. The van der Waals surface area contributed by atoms with Crippen LogP contribution in [0.4, 0.5) is 0 Å². The number of aromatic nitrogens is 5. The highest BCUT2D eigenvalue weighted by Gasteiger charge is 2.46. The molecule has 2 aliphatic rings. The van der Waals surface area contributed by atoms with Crippen LogP contribution in [0.5, 0.6) is 0 Å². The van der Waals surface area contributed by atoms with E-state index in [0.29, 0.717) is 22.8 Å². The molecule has 10 nitrogen and oxygen atoms in total. The van der Waals surface area contributed by atoms with E-state index in [1.54, 1.807) is 31.9 Å². The summed E-state index contributed by atoms with van der Waals surface area (Å²) in [6.45, 7) is 2.65. The van der Waals surface area contributed by atoms with Crippen molar-refractivity contribution in [3.05, 3.63) is 77.9 Å². The zero-order valence-corrected chi connectivity index (χ0v) is 24.0. The van der Waals surface area contributed by atoms with Gasteiger partial charge in [-0.1, -0.05) is 49.2 Å². The van der Waals surface area contributed by atoms with Crippen LogP contribution in [0, 0.1) is 0 Å². The fraction of sp³-hybridized carbons (Fsp3) is 0.400. The summed E-state index contributed by atoms with van der Waals surface area (Å²) in [5, 5.41) is 22.6. The average Bonchev–Trinajstić information content (AvgIpc) is 3.42. The molecule has 2 fully saturated rings. The van der Waals surface area contributed by atoms with Gasteiger partial charge in [-0.2, -0.15) is 9.40 Å². The van der Waals surface area contributed by atoms with Gasteiger partial charge in [0.25, 0.3) is 0 Å². The monoisotopic (exact) mass is 574 g/mol. The second kappa shape index (κ2) is 10.9. The van der Waals surface area contributed by atoms with E-state index in [1.165, 1.54) is 6.20 Å². The summed E-state index contributed by atoms with van der Waals surface area (Å²) in [7, 11) is -1.83. The summed E-state index contributed by atoms with van der Waals surface area (Å²) in [5.74, 6) is -0.990. The molecule has 3 heterocycles.